The van der Waals surface area contributed by atoms with E-state index in [4.69, 9.17) is 4.74 Å². The van der Waals surface area contributed by atoms with Gasteiger partial charge in [0.2, 0.25) is 0 Å². The monoisotopic (exact) mass is 258 g/mol. The van der Waals surface area contributed by atoms with Gasteiger partial charge < -0.3 is 10.1 Å². The van der Waals surface area contributed by atoms with Gasteiger partial charge in [-0.15, -0.1) is 0 Å². The first kappa shape index (κ1) is 12.2. The number of hydrogen-bond donors (Lipinski definition) is 1. The summed E-state index contributed by atoms with van der Waals surface area (Å²) in [5.41, 5.74) is 2.16. The Labute approximate surface area is 112 Å². The highest BCUT2D eigenvalue weighted by atomic mass is 16.5. The average molecular weight is 258 g/mol. The first-order valence-corrected chi connectivity index (χ1v) is 6.68. The summed E-state index contributed by atoms with van der Waals surface area (Å²) in [6.07, 6.45) is 5.86. The molecule has 0 saturated heterocycles. The molecular weight excluding hydrogens is 240 g/mol. The van der Waals surface area contributed by atoms with Gasteiger partial charge >= 0.3 is 0 Å². The van der Waals surface area contributed by atoms with Gasteiger partial charge in [0, 0.05) is 18.3 Å². The third-order valence-electron chi connectivity index (χ3n) is 3.42. The van der Waals surface area contributed by atoms with Crippen molar-refractivity contribution in [2.24, 2.45) is 0 Å². The number of nitrogens with one attached hydrogen (secondary N) is 1. The molecule has 19 heavy (non-hydrogen) atoms. The van der Waals surface area contributed by atoms with E-state index in [9.17, 15) is 0 Å². The van der Waals surface area contributed by atoms with Crippen molar-refractivity contribution in [3.63, 3.8) is 0 Å². The Balaban J connectivity index is 1.56. The summed E-state index contributed by atoms with van der Waals surface area (Å²) in [5.74, 6) is 0. The van der Waals surface area contributed by atoms with Crippen LogP contribution in [-0.2, 0) is 4.74 Å². The second kappa shape index (κ2) is 5.40. The minimum atomic E-state index is 0.442. The van der Waals surface area contributed by atoms with Crippen LogP contribution in [0.15, 0.2) is 36.9 Å². The molecule has 1 N–H and O–H groups in total. The highest BCUT2D eigenvalue weighted by molar-refractivity contribution is 5.49. The van der Waals surface area contributed by atoms with Crippen molar-refractivity contribution in [3.05, 3.63) is 36.9 Å². The van der Waals surface area contributed by atoms with E-state index in [1.807, 2.05) is 19.1 Å². The van der Waals surface area contributed by atoms with Crippen LogP contribution in [0.3, 0.4) is 0 Å². The summed E-state index contributed by atoms with van der Waals surface area (Å²) in [5, 5.41) is 7.62. The van der Waals surface area contributed by atoms with Gasteiger partial charge in [-0.05, 0) is 44.0 Å². The van der Waals surface area contributed by atoms with Crippen LogP contribution in [0.25, 0.3) is 5.69 Å². The molecule has 1 aromatic heterocycles. The number of benzene rings is 1. The Hall–Kier alpha value is -1.88. The van der Waals surface area contributed by atoms with Crippen LogP contribution in [0.4, 0.5) is 5.69 Å². The third kappa shape index (κ3) is 2.76. The second-order valence-corrected chi connectivity index (χ2v) is 4.78. The van der Waals surface area contributed by atoms with Crippen molar-refractivity contribution < 1.29 is 4.74 Å². The van der Waals surface area contributed by atoms with E-state index >= 15 is 0 Å². The molecule has 0 amide bonds. The van der Waals surface area contributed by atoms with Gasteiger partial charge in [0.25, 0.3) is 0 Å². The molecule has 0 unspecified atom stereocenters. The fourth-order valence-corrected chi connectivity index (χ4v) is 2.34. The minimum absolute atomic E-state index is 0.442. The summed E-state index contributed by atoms with van der Waals surface area (Å²) in [4.78, 5) is 3.94. The zero-order valence-corrected chi connectivity index (χ0v) is 11.0. The molecule has 0 bridgehead atoms. The van der Waals surface area contributed by atoms with E-state index in [0.717, 1.165) is 30.8 Å². The maximum Gasteiger partial charge on any atom is 0.138 e. The van der Waals surface area contributed by atoms with Gasteiger partial charge in [-0.1, -0.05) is 0 Å². The first-order valence-electron chi connectivity index (χ1n) is 6.68. The summed E-state index contributed by atoms with van der Waals surface area (Å²) in [6.45, 7) is 2.85. The normalized spacial score (nSPS) is 21.9. The predicted molar refractivity (Wildman–Crippen MR) is 73.4 cm³/mol. The maximum atomic E-state index is 5.56. The standard InChI is InChI=1S/C14H18N4O/c1-2-19-14-7-12(8-14)17-11-3-5-13(6-4-11)18-10-15-9-16-18/h3-6,9-10,12,14,17H,2,7-8H2,1H3. The number of anilines is 1. The molecule has 1 heterocycles. The van der Waals surface area contributed by atoms with E-state index in [1.165, 1.54) is 6.33 Å². The smallest absolute Gasteiger partial charge is 0.138 e. The van der Waals surface area contributed by atoms with Crippen LogP contribution in [-0.4, -0.2) is 33.5 Å². The number of ether oxygens (including phenoxy) is 1. The van der Waals surface area contributed by atoms with Gasteiger partial charge in [0.05, 0.1) is 11.8 Å². The molecule has 0 aliphatic heterocycles. The van der Waals surface area contributed by atoms with Crippen LogP contribution in [0, 0.1) is 0 Å². The first-order chi connectivity index (χ1) is 9.35. The van der Waals surface area contributed by atoms with Crippen LogP contribution in [0.5, 0.6) is 0 Å². The van der Waals surface area contributed by atoms with E-state index in [-0.39, 0.29) is 0 Å². The molecule has 2 aromatic rings. The topological polar surface area (TPSA) is 52.0 Å². The number of nitrogens with zero attached hydrogens (tertiary/aromatic N) is 3. The van der Waals surface area contributed by atoms with E-state index in [1.54, 1.807) is 11.0 Å². The molecule has 100 valence electrons. The lowest BCUT2D eigenvalue weighted by atomic mass is 9.89. The number of aromatic nitrogens is 3. The van der Waals surface area contributed by atoms with Crippen molar-refractivity contribution in [2.45, 2.75) is 31.9 Å². The summed E-state index contributed by atoms with van der Waals surface area (Å²) < 4.78 is 7.30. The fraction of sp³-hybridized carbons (Fsp3) is 0.429. The Morgan fingerprint density at radius 3 is 2.74 bits per heavy atom. The largest absolute Gasteiger partial charge is 0.382 e. The highest BCUT2D eigenvalue weighted by Gasteiger charge is 2.29. The van der Waals surface area contributed by atoms with E-state index in [2.05, 4.69) is 27.5 Å². The van der Waals surface area contributed by atoms with Crippen molar-refractivity contribution in [2.75, 3.05) is 11.9 Å². The Bertz CT molecular complexity index is 503. The fourth-order valence-electron chi connectivity index (χ4n) is 2.34. The molecule has 0 radical (unpaired) electrons. The van der Waals surface area contributed by atoms with Gasteiger partial charge in [-0.25, -0.2) is 9.67 Å². The third-order valence-corrected chi connectivity index (χ3v) is 3.42. The van der Waals surface area contributed by atoms with Crippen LogP contribution in [0.2, 0.25) is 0 Å². The number of rotatable bonds is 5. The summed E-state index contributed by atoms with van der Waals surface area (Å²) in [7, 11) is 0. The van der Waals surface area contributed by atoms with Crippen LogP contribution >= 0.6 is 0 Å². The molecule has 5 heteroatoms. The SMILES string of the molecule is CCOC1CC(Nc2ccc(-n3cncn3)cc2)C1. The summed E-state index contributed by atoms with van der Waals surface area (Å²) >= 11 is 0. The minimum Gasteiger partial charge on any atom is -0.382 e. The Morgan fingerprint density at radius 1 is 1.32 bits per heavy atom. The molecule has 0 spiro atoms. The Morgan fingerprint density at radius 2 is 2.11 bits per heavy atom. The van der Waals surface area contributed by atoms with Gasteiger partial charge in [-0.2, -0.15) is 5.10 Å². The molecule has 1 aliphatic rings. The molecule has 3 rings (SSSR count). The lowest BCUT2D eigenvalue weighted by Crippen LogP contribution is -2.40. The van der Waals surface area contributed by atoms with Crippen molar-refractivity contribution >= 4 is 5.69 Å². The molecule has 0 atom stereocenters. The molecule has 1 aliphatic carbocycles. The molecular formula is C14H18N4O. The second-order valence-electron chi connectivity index (χ2n) is 4.78. The quantitative estimate of drug-likeness (QED) is 0.893. The lowest BCUT2D eigenvalue weighted by Gasteiger charge is -2.36. The van der Waals surface area contributed by atoms with Gasteiger partial charge in [0.15, 0.2) is 0 Å². The molecule has 1 saturated carbocycles. The van der Waals surface area contributed by atoms with E-state index in [0.29, 0.717) is 12.1 Å². The van der Waals surface area contributed by atoms with Crippen molar-refractivity contribution in [1.29, 1.82) is 0 Å². The van der Waals surface area contributed by atoms with E-state index < -0.39 is 0 Å². The van der Waals surface area contributed by atoms with Crippen molar-refractivity contribution in [1.82, 2.24) is 14.8 Å². The lowest BCUT2D eigenvalue weighted by molar-refractivity contribution is 0.00299. The zero-order valence-electron chi connectivity index (χ0n) is 11.0. The molecule has 1 aromatic carbocycles. The average Bonchev–Trinajstić information content (AvgIpc) is 2.91. The van der Waals surface area contributed by atoms with Crippen molar-refractivity contribution in [3.8, 4) is 5.69 Å². The maximum absolute atomic E-state index is 5.56. The predicted octanol–water partition coefficient (Wildman–Crippen LogP) is 2.25. The van der Waals surface area contributed by atoms with Gasteiger partial charge in [0.1, 0.15) is 12.7 Å². The van der Waals surface area contributed by atoms with Crippen LogP contribution in [0.1, 0.15) is 19.8 Å². The number of hydrogen-bond acceptors (Lipinski definition) is 4. The summed E-state index contributed by atoms with van der Waals surface area (Å²) in [6, 6.07) is 8.76. The highest BCUT2D eigenvalue weighted by Crippen LogP contribution is 2.27. The molecule has 1 fully saturated rings. The van der Waals surface area contributed by atoms with Crippen LogP contribution < -0.4 is 5.32 Å². The molecule has 5 nitrogen and oxygen atoms in total. The van der Waals surface area contributed by atoms with Gasteiger partial charge in [-0.3, -0.25) is 0 Å². The zero-order chi connectivity index (χ0) is 13.1. The Kier molecular flexibility index (Phi) is 3.46.